The third-order valence-corrected chi connectivity index (χ3v) is 11.6. The Balaban J connectivity index is 1.66. The first-order valence-electron chi connectivity index (χ1n) is 13.0. The van der Waals surface area contributed by atoms with Gasteiger partial charge in [-0.1, -0.05) is 42.9 Å². The molecule has 8 nitrogen and oxygen atoms in total. The third kappa shape index (κ3) is 6.46. The molecule has 0 unspecified atom stereocenters. The van der Waals surface area contributed by atoms with Crippen molar-refractivity contribution in [3.05, 3.63) is 53.0 Å². The van der Waals surface area contributed by atoms with Crippen LogP contribution in [0, 0.1) is 5.92 Å². The van der Waals surface area contributed by atoms with Gasteiger partial charge in [0.25, 0.3) is 0 Å². The van der Waals surface area contributed by atoms with E-state index in [0.29, 0.717) is 30.4 Å². The Hall–Kier alpha value is -1.84. The van der Waals surface area contributed by atoms with Gasteiger partial charge < -0.3 is 10.0 Å². The molecule has 2 atom stereocenters. The zero-order valence-electron chi connectivity index (χ0n) is 22.3. The fourth-order valence-electron chi connectivity index (χ4n) is 5.12. The van der Waals surface area contributed by atoms with Gasteiger partial charge in [-0.05, 0) is 49.5 Å². The van der Waals surface area contributed by atoms with Crippen LogP contribution in [-0.2, 0) is 25.6 Å². The van der Waals surface area contributed by atoms with Crippen LogP contribution in [0.3, 0.4) is 0 Å². The number of piperazine rings is 1. The van der Waals surface area contributed by atoms with Crippen molar-refractivity contribution < 1.29 is 35.1 Å². The lowest BCUT2D eigenvalue weighted by atomic mass is 9.85. The largest absolute Gasteiger partial charge is 0.421 e. The molecule has 1 aliphatic heterocycles. The fraction of sp³-hybridized carbons (Fsp3) is 0.577. The Morgan fingerprint density at radius 3 is 2.25 bits per heavy atom. The number of nitrogens with zero attached hydrogens (tertiary/aromatic N) is 3. The molecule has 0 bridgehead atoms. The average molecular weight is 622 g/mol. The Kier molecular flexibility index (Phi) is 8.90. The summed E-state index contributed by atoms with van der Waals surface area (Å²) in [6.07, 6.45) is 4.32. The van der Waals surface area contributed by atoms with Crippen LogP contribution in [0.25, 0.3) is 0 Å². The first-order valence-corrected chi connectivity index (χ1v) is 16.7. The monoisotopic (exact) mass is 621 g/mol. The lowest BCUT2D eigenvalue weighted by Crippen LogP contribution is -2.59. The van der Waals surface area contributed by atoms with Crippen LogP contribution in [0.1, 0.15) is 38.2 Å². The summed E-state index contributed by atoms with van der Waals surface area (Å²) in [5, 5.41) is 10.1. The zero-order chi connectivity index (χ0) is 29.5. The molecule has 2 fully saturated rings. The standard InChI is InChI=1S/C26H34F3N3O5S3/c1-25(33,26(27,28)29)20-10-12-21(13-11-20)32-15-14-30(40(36,37)24-9-4-3-8-23(24)38)17-22(32)18-31(39(2,34)35)16-19-6-5-7-19/h3-4,9-13,19,22,33H,5-8,14-18H2,1-2H3/t22-,25-/m1/s1. The maximum absolute atomic E-state index is 13.6. The number of sulfonamides is 2. The van der Waals surface area contributed by atoms with Crippen molar-refractivity contribution in [2.75, 3.05) is 43.9 Å². The minimum Gasteiger partial charge on any atom is -0.376 e. The van der Waals surface area contributed by atoms with E-state index in [1.807, 2.05) is 4.90 Å². The van der Waals surface area contributed by atoms with E-state index < -0.39 is 37.9 Å². The number of hydrogen-bond donors (Lipinski definition) is 1. The first kappa shape index (κ1) is 31.1. The smallest absolute Gasteiger partial charge is 0.376 e. The van der Waals surface area contributed by atoms with Crippen molar-refractivity contribution >= 4 is 42.8 Å². The predicted molar refractivity (Wildman–Crippen MR) is 152 cm³/mol. The number of benzene rings is 1. The van der Waals surface area contributed by atoms with E-state index in [-0.39, 0.29) is 42.6 Å². The van der Waals surface area contributed by atoms with Crippen molar-refractivity contribution in [2.24, 2.45) is 5.92 Å². The van der Waals surface area contributed by atoms with Gasteiger partial charge in [0.2, 0.25) is 20.0 Å². The molecule has 2 aliphatic carbocycles. The van der Waals surface area contributed by atoms with Gasteiger partial charge in [-0.25, -0.2) is 16.8 Å². The number of halogens is 3. The average Bonchev–Trinajstić information content (AvgIpc) is 2.84. The quantitative estimate of drug-likeness (QED) is 0.422. The zero-order valence-corrected chi connectivity index (χ0v) is 24.8. The van der Waals surface area contributed by atoms with E-state index in [4.69, 9.17) is 12.2 Å². The molecule has 222 valence electrons. The van der Waals surface area contributed by atoms with Crippen LogP contribution in [-0.4, -0.2) is 86.6 Å². The van der Waals surface area contributed by atoms with Gasteiger partial charge in [0.15, 0.2) is 5.60 Å². The van der Waals surface area contributed by atoms with Gasteiger partial charge in [0, 0.05) is 49.7 Å². The number of allylic oxidation sites excluding steroid dienone is 4. The molecule has 1 saturated heterocycles. The van der Waals surface area contributed by atoms with Crippen LogP contribution in [0.2, 0.25) is 0 Å². The number of rotatable bonds is 9. The lowest BCUT2D eigenvalue weighted by molar-refractivity contribution is -0.258. The van der Waals surface area contributed by atoms with Gasteiger partial charge in [-0.3, -0.25) is 0 Å². The summed E-state index contributed by atoms with van der Waals surface area (Å²) in [4.78, 5) is 2.17. The van der Waals surface area contributed by atoms with E-state index in [9.17, 15) is 35.1 Å². The van der Waals surface area contributed by atoms with Gasteiger partial charge in [-0.2, -0.15) is 21.8 Å². The van der Waals surface area contributed by atoms with E-state index in [1.54, 1.807) is 12.2 Å². The molecule has 0 radical (unpaired) electrons. The van der Waals surface area contributed by atoms with Gasteiger partial charge >= 0.3 is 6.18 Å². The summed E-state index contributed by atoms with van der Waals surface area (Å²) in [5.74, 6) is 0.229. The van der Waals surface area contributed by atoms with E-state index in [1.165, 1.54) is 39.0 Å². The SMILES string of the molecule is C[C@@](O)(c1ccc(N2CCN(S(=O)(=O)C3=CC=CCC3=S)C[C@@H]2CN(CC2CCC2)S(C)(=O)=O)cc1)C(F)(F)F. The molecular formula is C26H34F3N3O5S3. The van der Waals surface area contributed by atoms with Gasteiger partial charge in [0.05, 0.1) is 17.2 Å². The Morgan fingerprint density at radius 2 is 1.73 bits per heavy atom. The highest BCUT2D eigenvalue weighted by atomic mass is 32.2. The van der Waals surface area contributed by atoms with E-state index in [0.717, 1.165) is 25.5 Å². The van der Waals surface area contributed by atoms with Crippen molar-refractivity contribution in [3.8, 4) is 0 Å². The number of hydrogen-bond acceptors (Lipinski definition) is 7. The molecule has 0 aromatic heterocycles. The van der Waals surface area contributed by atoms with Crippen molar-refractivity contribution in [1.29, 1.82) is 0 Å². The van der Waals surface area contributed by atoms with E-state index in [2.05, 4.69) is 0 Å². The highest BCUT2D eigenvalue weighted by molar-refractivity contribution is 7.96. The summed E-state index contributed by atoms with van der Waals surface area (Å²) >= 11 is 5.30. The molecule has 14 heteroatoms. The molecule has 1 N–H and O–H groups in total. The Labute approximate surface area is 239 Å². The van der Waals surface area contributed by atoms with Crippen molar-refractivity contribution in [2.45, 2.75) is 50.4 Å². The maximum atomic E-state index is 13.6. The molecule has 0 spiro atoms. The fourth-order valence-corrected chi connectivity index (χ4v) is 8.11. The summed E-state index contributed by atoms with van der Waals surface area (Å²) < 4.78 is 95.4. The number of anilines is 1. The number of alkyl halides is 3. The molecule has 4 rings (SSSR count). The number of aliphatic hydroxyl groups is 1. The molecular weight excluding hydrogens is 587 g/mol. The Morgan fingerprint density at radius 1 is 1.07 bits per heavy atom. The summed E-state index contributed by atoms with van der Waals surface area (Å²) in [5.41, 5.74) is -2.89. The van der Waals surface area contributed by atoms with Crippen LogP contribution < -0.4 is 4.90 Å². The molecule has 1 aromatic rings. The third-order valence-electron chi connectivity index (χ3n) is 7.91. The van der Waals surface area contributed by atoms with Crippen LogP contribution in [0.5, 0.6) is 0 Å². The maximum Gasteiger partial charge on any atom is 0.421 e. The minimum atomic E-state index is -4.88. The predicted octanol–water partition coefficient (Wildman–Crippen LogP) is 3.55. The summed E-state index contributed by atoms with van der Waals surface area (Å²) in [6.45, 7) is 1.22. The Bertz CT molecular complexity index is 1390. The highest BCUT2D eigenvalue weighted by Gasteiger charge is 2.51. The molecule has 1 heterocycles. The lowest BCUT2D eigenvalue weighted by Gasteiger charge is -2.44. The normalized spacial score (nSPS) is 23.2. The van der Waals surface area contributed by atoms with Crippen LogP contribution >= 0.6 is 12.2 Å². The molecule has 1 saturated carbocycles. The highest BCUT2D eigenvalue weighted by Crippen LogP contribution is 2.39. The molecule has 1 aromatic carbocycles. The second kappa shape index (κ2) is 11.4. The minimum absolute atomic E-state index is 0.00671. The topological polar surface area (TPSA) is 98.2 Å². The molecule has 0 amide bonds. The molecule has 3 aliphatic rings. The summed E-state index contributed by atoms with van der Waals surface area (Å²) in [6, 6.07) is 4.62. The molecule has 40 heavy (non-hydrogen) atoms. The van der Waals surface area contributed by atoms with E-state index >= 15 is 0 Å². The van der Waals surface area contributed by atoms with Crippen molar-refractivity contribution in [3.63, 3.8) is 0 Å². The van der Waals surface area contributed by atoms with Gasteiger partial charge in [-0.15, -0.1) is 0 Å². The summed E-state index contributed by atoms with van der Waals surface area (Å²) in [7, 11) is -7.58. The first-order chi connectivity index (χ1) is 18.5. The van der Waals surface area contributed by atoms with Crippen molar-refractivity contribution in [1.82, 2.24) is 8.61 Å². The van der Waals surface area contributed by atoms with Crippen LogP contribution in [0.4, 0.5) is 18.9 Å². The second-order valence-corrected chi connectivity index (χ2v) is 15.2. The van der Waals surface area contributed by atoms with Crippen LogP contribution in [0.15, 0.2) is 47.4 Å². The number of thiocarbonyl (C=S) groups is 1. The second-order valence-electron chi connectivity index (χ2n) is 10.8. The van der Waals surface area contributed by atoms with Gasteiger partial charge in [0.1, 0.15) is 0 Å².